The Hall–Kier alpha value is -3.21. The predicted octanol–water partition coefficient (Wildman–Crippen LogP) is 3.21. The zero-order chi connectivity index (χ0) is 16.9. The Labute approximate surface area is 139 Å². The van der Waals surface area contributed by atoms with Gasteiger partial charge in [-0.3, -0.25) is 4.79 Å². The van der Waals surface area contributed by atoms with Gasteiger partial charge in [-0.05, 0) is 35.4 Å². The molecule has 2 aromatic carbocycles. The Balaban J connectivity index is 1.63. The summed E-state index contributed by atoms with van der Waals surface area (Å²) in [5, 5.41) is 13.4. The first-order valence-electron chi connectivity index (χ1n) is 7.55. The highest BCUT2D eigenvalue weighted by Crippen LogP contribution is 2.26. The minimum absolute atomic E-state index is 0.0757. The number of hydrogen-bond acceptors (Lipinski definition) is 3. The molecule has 1 heterocycles. The fourth-order valence-electron chi connectivity index (χ4n) is 2.48. The van der Waals surface area contributed by atoms with Crippen molar-refractivity contribution >= 4 is 22.9 Å². The van der Waals surface area contributed by atoms with Gasteiger partial charge in [0.15, 0.2) is 11.5 Å². The fraction of sp³-hybridized carbons (Fsp3) is 0.105. The molecule has 0 atom stereocenters. The second-order valence-electron chi connectivity index (χ2n) is 5.35. The number of H-pyrrole nitrogens is 1. The number of aromatic amines is 1. The number of rotatable bonds is 5. The number of benzene rings is 2. The van der Waals surface area contributed by atoms with E-state index in [4.69, 9.17) is 4.74 Å². The Morgan fingerprint density at radius 1 is 1.29 bits per heavy atom. The summed E-state index contributed by atoms with van der Waals surface area (Å²) in [5.74, 6) is 0.273. The average molecular weight is 322 g/mol. The SMILES string of the molecule is COc1cc(CNC(=O)/C=C/c2c[nH]c3ccccc23)ccc1O. The van der Waals surface area contributed by atoms with E-state index in [1.54, 1.807) is 24.3 Å². The number of aromatic hydroxyl groups is 1. The molecule has 5 heteroatoms. The number of para-hydroxylation sites is 1. The van der Waals surface area contributed by atoms with E-state index in [2.05, 4.69) is 10.3 Å². The highest BCUT2D eigenvalue weighted by Gasteiger charge is 2.04. The number of phenols is 1. The molecule has 24 heavy (non-hydrogen) atoms. The number of ether oxygens (including phenoxy) is 1. The van der Waals surface area contributed by atoms with Crippen LogP contribution in [0, 0.1) is 0 Å². The molecule has 3 N–H and O–H groups in total. The summed E-state index contributed by atoms with van der Waals surface area (Å²) in [6.07, 6.45) is 5.16. The number of amides is 1. The Kier molecular flexibility index (Phi) is 4.52. The first-order chi connectivity index (χ1) is 11.7. The van der Waals surface area contributed by atoms with E-state index in [0.29, 0.717) is 12.3 Å². The molecule has 3 rings (SSSR count). The summed E-state index contributed by atoms with van der Waals surface area (Å²) in [6.45, 7) is 0.355. The third-order valence-electron chi connectivity index (χ3n) is 3.75. The zero-order valence-electron chi connectivity index (χ0n) is 13.2. The smallest absolute Gasteiger partial charge is 0.244 e. The Morgan fingerprint density at radius 2 is 2.12 bits per heavy atom. The van der Waals surface area contributed by atoms with Crippen molar-refractivity contribution in [3.63, 3.8) is 0 Å². The maximum atomic E-state index is 12.0. The zero-order valence-corrected chi connectivity index (χ0v) is 13.2. The van der Waals surface area contributed by atoms with Gasteiger partial charge in [0.2, 0.25) is 5.91 Å². The third-order valence-corrected chi connectivity index (χ3v) is 3.75. The minimum atomic E-state index is -0.188. The van der Waals surface area contributed by atoms with Gasteiger partial charge >= 0.3 is 0 Å². The number of hydrogen-bond donors (Lipinski definition) is 3. The van der Waals surface area contributed by atoms with Crippen LogP contribution in [0.5, 0.6) is 11.5 Å². The molecule has 0 saturated carbocycles. The lowest BCUT2D eigenvalue weighted by Gasteiger charge is -2.07. The molecule has 1 amide bonds. The van der Waals surface area contributed by atoms with Gasteiger partial charge in [-0.1, -0.05) is 24.3 Å². The summed E-state index contributed by atoms with van der Waals surface area (Å²) in [7, 11) is 1.49. The van der Waals surface area contributed by atoms with Gasteiger partial charge in [-0.25, -0.2) is 0 Å². The molecule has 0 aliphatic rings. The average Bonchev–Trinajstić information content (AvgIpc) is 3.02. The topological polar surface area (TPSA) is 74.3 Å². The summed E-state index contributed by atoms with van der Waals surface area (Å²) in [4.78, 5) is 15.1. The molecule has 0 unspecified atom stereocenters. The summed E-state index contributed by atoms with van der Waals surface area (Å²) < 4.78 is 5.05. The van der Waals surface area contributed by atoms with Gasteiger partial charge < -0.3 is 20.1 Å². The second-order valence-corrected chi connectivity index (χ2v) is 5.35. The molecule has 0 saturated heterocycles. The lowest BCUT2D eigenvalue weighted by molar-refractivity contribution is -0.116. The van der Waals surface area contributed by atoms with E-state index in [1.165, 1.54) is 13.2 Å². The van der Waals surface area contributed by atoms with Gasteiger partial charge in [0.25, 0.3) is 0 Å². The van der Waals surface area contributed by atoms with Gasteiger partial charge in [-0.15, -0.1) is 0 Å². The van der Waals surface area contributed by atoms with Crippen molar-refractivity contribution in [3.8, 4) is 11.5 Å². The number of methoxy groups -OCH3 is 1. The predicted molar refractivity (Wildman–Crippen MR) is 93.8 cm³/mol. The second kappa shape index (κ2) is 6.91. The van der Waals surface area contributed by atoms with Crippen LogP contribution in [0.15, 0.2) is 54.7 Å². The maximum absolute atomic E-state index is 12.0. The first kappa shape index (κ1) is 15.7. The maximum Gasteiger partial charge on any atom is 0.244 e. The Bertz CT molecular complexity index is 897. The summed E-state index contributed by atoms with van der Waals surface area (Å²) in [6, 6.07) is 12.9. The van der Waals surface area contributed by atoms with Gasteiger partial charge in [0.1, 0.15) is 0 Å². The van der Waals surface area contributed by atoms with Crippen LogP contribution in [-0.4, -0.2) is 23.1 Å². The van der Waals surface area contributed by atoms with Crippen LogP contribution in [0.25, 0.3) is 17.0 Å². The molecule has 0 fully saturated rings. The fourth-order valence-corrected chi connectivity index (χ4v) is 2.48. The van der Waals surface area contributed by atoms with Crippen molar-refractivity contribution in [2.45, 2.75) is 6.54 Å². The highest BCUT2D eigenvalue weighted by atomic mass is 16.5. The molecular formula is C19H18N2O3. The molecule has 0 spiro atoms. The summed E-state index contributed by atoms with van der Waals surface area (Å²) in [5.41, 5.74) is 2.85. The third kappa shape index (κ3) is 3.41. The van der Waals surface area contributed by atoms with E-state index >= 15 is 0 Å². The van der Waals surface area contributed by atoms with Crippen LogP contribution in [0.2, 0.25) is 0 Å². The number of carbonyl (C=O) groups is 1. The molecule has 122 valence electrons. The van der Waals surface area contributed by atoms with Crippen LogP contribution >= 0.6 is 0 Å². The highest BCUT2D eigenvalue weighted by molar-refractivity contribution is 5.96. The van der Waals surface area contributed by atoms with E-state index in [0.717, 1.165) is 22.0 Å². The Morgan fingerprint density at radius 3 is 2.96 bits per heavy atom. The van der Waals surface area contributed by atoms with Crippen LogP contribution in [-0.2, 0) is 11.3 Å². The molecule has 3 aromatic rings. The van der Waals surface area contributed by atoms with E-state index in [-0.39, 0.29) is 11.7 Å². The number of carbonyl (C=O) groups excluding carboxylic acids is 1. The van der Waals surface area contributed by atoms with Crippen molar-refractivity contribution in [1.82, 2.24) is 10.3 Å². The molecule has 1 aromatic heterocycles. The monoisotopic (exact) mass is 322 g/mol. The normalized spacial score (nSPS) is 11.0. The largest absolute Gasteiger partial charge is 0.504 e. The van der Waals surface area contributed by atoms with Gasteiger partial charge in [0, 0.05) is 29.7 Å². The lowest BCUT2D eigenvalue weighted by atomic mass is 10.1. The van der Waals surface area contributed by atoms with Crippen LogP contribution in [0.1, 0.15) is 11.1 Å². The van der Waals surface area contributed by atoms with Crippen molar-refractivity contribution in [3.05, 3.63) is 65.9 Å². The van der Waals surface area contributed by atoms with Crippen molar-refractivity contribution in [2.24, 2.45) is 0 Å². The number of aromatic nitrogens is 1. The molecule has 0 aliphatic heterocycles. The quantitative estimate of drug-likeness (QED) is 0.631. The number of phenolic OH excluding ortho intramolecular Hbond substituents is 1. The molecule has 0 aliphatic carbocycles. The lowest BCUT2D eigenvalue weighted by Crippen LogP contribution is -2.20. The van der Waals surface area contributed by atoms with E-state index in [1.807, 2.05) is 30.5 Å². The van der Waals surface area contributed by atoms with Crippen LogP contribution < -0.4 is 10.1 Å². The van der Waals surface area contributed by atoms with Crippen molar-refractivity contribution in [2.75, 3.05) is 7.11 Å². The summed E-state index contributed by atoms with van der Waals surface area (Å²) >= 11 is 0. The minimum Gasteiger partial charge on any atom is -0.504 e. The molecule has 5 nitrogen and oxygen atoms in total. The van der Waals surface area contributed by atoms with Crippen LogP contribution in [0.4, 0.5) is 0 Å². The van der Waals surface area contributed by atoms with Crippen molar-refractivity contribution < 1.29 is 14.6 Å². The van der Waals surface area contributed by atoms with Gasteiger partial charge in [0.05, 0.1) is 7.11 Å². The van der Waals surface area contributed by atoms with E-state index in [9.17, 15) is 9.90 Å². The molecule has 0 radical (unpaired) electrons. The number of nitrogens with one attached hydrogen (secondary N) is 2. The molecular weight excluding hydrogens is 304 g/mol. The van der Waals surface area contributed by atoms with E-state index < -0.39 is 0 Å². The first-order valence-corrected chi connectivity index (χ1v) is 7.55. The van der Waals surface area contributed by atoms with Crippen LogP contribution in [0.3, 0.4) is 0 Å². The van der Waals surface area contributed by atoms with Crippen molar-refractivity contribution in [1.29, 1.82) is 0 Å². The number of fused-ring (bicyclic) bond motifs is 1. The van der Waals surface area contributed by atoms with Gasteiger partial charge in [-0.2, -0.15) is 0 Å². The molecule has 0 bridgehead atoms. The standard InChI is InChI=1S/C19H18N2O3/c1-24-18-10-13(6-8-17(18)22)11-21-19(23)9-7-14-12-20-16-5-3-2-4-15(14)16/h2-10,12,20,22H,11H2,1H3,(H,21,23)/b9-7+.